The van der Waals surface area contributed by atoms with Gasteiger partial charge in [0, 0.05) is 43.8 Å². The number of fused-ring (bicyclic) bond motifs is 1. The lowest BCUT2D eigenvalue weighted by molar-refractivity contribution is 0.122. The molecule has 1 atom stereocenters. The van der Waals surface area contributed by atoms with Crippen LogP contribution < -0.4 is 10.2 Å². The van der Waals surface area contributed by atoms with Gasteiger partial charge in [0.2, 0.25) is 0 Å². The molecular weight excluding hydrogens is 368 g/mol. The van der Waals surface area contributed by atoms with E-state index in [1.165, 1.54) is 0 Å². The lowest BCUT2D eigenvalue weighted by atomic mass is 10.2. The quantitative estimate of drug-likeness (QED) is 0.716. The summed E-state index contributed by atoms with van der Waals surface area (Å²) >= 11 is 0. The molecule has 0 spiro atoms. The molecule has 3 aromatic rings. The number of carbonyl (C=O) groups is 1. The smallest absolute Gasteiger partial charge is 0.318 e. The number of hydrogen-bond acceptors (Lipinski definition) is 5. The van der Waals surface area contributed by atoms with Crippen LogP contribution in [0.15, 0.2) is 53.1 Å². The molecule has 1 N–H and O–H groups in total. The van der Waals surface area contributed by atoms with Crippen molar-refractivity contribution in [1.82, 2.24) is 15.2 Å². The Morgan fingerprint density at radius 3 is 2.83 bits per heavy atom. The van der Waals surface area contributed by atoms with Gasteiger partial charge in [-0.15, -0.1) is 0 Å². The minimum atomic E-state index is -0.185. The third-order valence-corrected chi connectivity index (χ3v) is 5.37. The SMILES string of the molecule is CC(c1cc2ccccc2o1)N(C)C(=O)NCc1cccnc1N1CCOCC1. The van der Waals surface area contributed by atoms with Crippen LogP contribution in [0.2, 0.25) is 0 Å². The highest BCUT2D eigenvalue weighted by Gasteiger charge is 2.22. The predicted molar refractivity (Wildman–Crippen MR) is 112 cm³/mol. The van der Waals surface area contributed by atoms with Crippen LogP contribution in [-0.4, -0.2) is 49.3 Å². The molecule has 2 amide bonds. The number of hydrogen-bond donors (Lipinski definition) is 1. The van der Waals surface area contributed by atoms with E-state index < -0.39 is 0 Å². The summed E-state index contributed by atoms with van der Waals surface area (Å²) in [7, 11) is 1.78. The van der Waals surface area contributed by atoms with Crippen LogP contribution >= 0.6 is 0 Å². The number of nitrogens with zero attached hydrogens (tertiary/aromatic N) is 3. The third-order valence-electron chi connectivity index (χ3n) is 5.37. The Bertz CT molecular complexity index is 948. The van der Waals surface area contributed by atoms with Gasteiger partial charge in [-0.05, 0) is 25.1 Å². The number of ether oxygens (including phenoxy) is 1. The summed E-state index contributed by atoms with van der Waals surface area (Å²) in [6.45, 7) is 5.37. The second-order valence-electron chi connectivity index (χ2n) is 7.22. The number of pyridine rings is 1. The van der Waals surface area contributed by atoms with Crippen molar-refractivity contribution in [3.05, 3.63) is 60.0 Å². The van der Waals surface area contributed by atoms with Gasteiger partial charge in [0.15, 0.2) is 0 Å². The summed E-state index contributed by atoms with van der Waals surface area (Å²) in [6.07, 6.45) is 1.78. The second kappa shape index (κ2) is 8.53. The predicted octanol–water partition coefficient (Wildman–Crippen LogP) is 3.57. The molecule has 1 aliphatic rings. The van der Waals surface area contributed by atoms with Crippen molar-refractivity contribution in [2.75, 3.05) is 38.3 Å². The Balaban J connectivity index is 1.41. The van der Waals surface area contributed by atoms with Crippen LogP contribution in [0.25, 0.3) is 11.0 Å². The van der Waals surface area contributed by atoms with Crippen LogP contribution in [0.1, 0.15) is 24.3 Å². The molecule has 3 heterocycles. The maximum Gasteiger partial charge on any atom is 0.318 e. The second-order valence-corrected chi connectivity index (χ2v) is 7.22. The molecule has 1 saturated heterocycles. The first-order valence-corrected chi connectivity index (χ1v) is 9.89. The monoisotopic (exact) mass is 394 g/mol. The molecule has 4 rings (SSSR count). The number of urea groups is 1. The minimum absolute atomic E-state index is 0.158. The van der Waals surface area contributed by atoms with Gasteiger partial charge in [-0.3, -0.25) is 0 Å². The zero-order valence-electron chi connectivity index (χ0n) is 16.8. The molecule has 0 aliphatic carbocycles. The molecule has 2 aromatic heterocycles. The van der Waals surface area contributed by atoms with Gasteiger partial charge in [0.25, 0.3) is 0 Å². The number of aromatic nitrogens is 1. The summed E-state index contributed by atoms with van der Waals surface area (Å²) in [4.78, 5) is 21.1. The lowest BCUT2D eigenvalue weighted by Gasteiger charge is -2.29. The minimum Gasteiger partial charge on any atom is -0.459 e. The van der Waals surface area contributed by atoms with E-state index in [1.807, 2.05) is 49.4 Å². The average Bonchev–Trinajstić information content (AvgIpc) is 3.21. The topological polar surface area (TPSA) is 70.8 Å². The van der Waals surface area contributed by atoms with E-state index in [-0.39, 0.29) is 12.1 Å². The largest absolute Gasteiger partial charge is 0.459 e. The molecule has 0 saturated carbocycles. The number of morpholine rings is 1. The normalized spacial score (nSPS) is 15.3. The number of para-hydroxylation sites is 1. The highest BCUT2D eigenvalue weighted by atomic mass is 16.5. The Kier molecular flexibility index (Phi) is 5.67. The van der Waals surface area contributed by atoms with Crippen molar-refractivity contribution in [3.8, 4) is 0 Å². The maximum absolute atomic E-state index is 12.8. The Morgan fingerprint density at radius 2 is 2.03 bits per heavy atom. The van der Waals surface area contributed by atoms with Crippen molar-refractivity contribution >= 4 is 22.8 Å². The van der Waals surface area contributed by atoms with Gasteiger partial charge < -0.3 is 24.3 Å². The molecule has 0 bridgehead atoms. The van der Waals surface area contributed by atoms with Gasteiger partial charge in [0.05, 0.1) is 19.3 Å². The number of carbonyl (C=O) groups excluding carboxylic acids is 1. The summed E-state index contributed by atoms with van der Waals surface area (Å²) in [6, 6.07) is 13.4. The van der Waals surface area contributed by atoms with E-state index in [1.54, 1.807) is 18.1 Å². The molecule has 29 heavy (non-hydrogen) atoms. The van der Waals surface area contributed by atoms with Crippen molar-refractivity contribution in [3.63, 3.8) is 0 Å². The number of anilines is 1. The number of amides is 2. The fraction of sp³-hybridized carbons (Fsp3) is 0.364. The van der Waals surface area contributed by atoms with Crippen LogP contribution in [0.4, 0.5) is 10.6 Å². The zero-order valence-corrected chi connectivity index (χ0v) is 16.8. The van der Waals surface area contributed by atoms with Crippen LogP contribution in [0.5, 0.6) is 0 Å². The number of furan rings is 1. The summed E-state index contributed by atoms with van der Waals surface area (Å²) in [5.74, 6) is 1.67. The summed E-state index contributed by atoms with van der Waals surface area (Å²) in [5, 5.41) is 4.05. The summed E-state index contributed by atoms with van der Waals surface area (Å²) in [5.41, 5.74) is 1.82. The highest BCUT2D eigenvalue weighted by Crippen LogP contribution is 2.26. The van der Waals surface area contributed by atoms with Gasteiger partial charge in [-0.25, -0.2) is 9.78 Å². The average molecular weight is 394 g/mol. The van der Waals surface area contributed by atoms with Crippen molar-refractivity contribution in [2.24, 2.45) is 0 Å². The van der Waals surface area contributed by atoms with Crippen LogP contribution in [-0.2, 0) is 11.3 Å². The van der Waals surface area contributed by atoms with Gasteiger partial charge in [-0.1, -0.05) is 24.3 Å². The molecule has 7 nitrogen and oxygen atoms in total. The van der Waals surface area contributed by atoms with Gasteiger partial charge in [0.1, 0.15) is 17.2 Å². The molecule has 0 radical (unpaired) electrons. The molecular formula is C22H26N4O3. The molecule has 1 unspecified atom stereocenters. The van der Waals surface area contributed by atoms with E-state index in [0.29, 0.717) is 19.8 Å². The van der Waals surface area contributed by atoms with Crippen molar-refractivity contribution in [2.45, 2.75) is 19.5 Å². The standard InChI is InChI=1S/C22H26N4O3/c1-16(20-14-17-6-3-4-8-19(17)29-20)25(2)22(27)24-15-18-7-5-9-23-21(18)26-10-12-28-13-11-26/h3-9,14,16H,10-13,15H2,1-2H3,(H,24,27). The molecule has 1 aromatic carbocycles. The third kappa shape index (κ3) is 4.19. The van der Waals surface area contributed by atoms with Crippen molar-refractivity contribution < 1.29 is 13.9 Å². The first-order chi connectivity index (χ1) is 14.1. The van der Waals surface area contributed by atoms with Crippen LogP contribution in [0, 0.1) is 0 Å². The number of rotatable bonds is 5. The number of benzene rings is 1. The van der Waals surface area contributed by atoms with Crippen LogP contribution in [0.3, 0.4) is 0 Å². The van der Waals surface area contributed by atoms with Gasteiger partial charge in [-0.2, -0.15) is 0 Å². The molecule has 1 fully saturated rings. The molecule has 7 heteroatoms. The fourth-order valence-corrected chi connectivity index (χ4v) is 3.50. The first-order valence-electron chi connectivity index (χ1n) is 9.89. The molecule has 1 aliphatic heterocycles. The Labute approximate surface area is 170 Å². The van der Waals surface area contributed by atoms with E-state index in [4.69, 9.17) is 9.15 Å². The highest BCUT2D eigenvalue weighted by molar-refractivity contribution is 5.78. The number of nitrogens with one attached hydrogen (secondary N) is 1. The fourth-order valence-electron chi connectivity index (χ4n) is 3.50. The van der Waals surface area contributed by atoms with E-state index >= 15 is 0 Å². The van der Waals surface area contributed by atoms with E-state index in [2.05, 4.69) is 15.2 Å². The molecule has 152 valence electrons. The van der Waals surface area contributed by atoms with Crippen molar-refractivity contribution in [1.29, 1.82) is 0 Å². The Hall–Kier alpha value is -3.06. The maximum atomic E-state index is 12.8. The van der Waals surface area contributed by atoms with E-state index in [9.17, 15) is 4.79 Å². The zero-order chi connectivity index (χ0) is 20.2. The first kappa shape index (κ1) is 19.3. The van der Waals surface area contributed by atoms with E-state index in [0.717, 1.165) is 41.2 Å². The van der Waals surface area contributed by atoms with Gasteiger partial charge >= 0.3 is 6.03 Å². The lowest BCUT2D eigenvalue weighted by Crippen LogP contribution is -2.40. The Morgan fingerprint density at radius 1 is 1.24 bits per heavy atom. The summed E-state index contributed by atoms with van der Waals surface area (Å²) < 4.78 is 11.3.